The van der Waals surface area contributed by atoms with Crippen molar-refractivity contribution < 1.29 is 22.7 Å². The summed E-state index contributed by atoms with van der Waals surface area (Å²) < 4.78 is 30.8. The van der Waals surface area contributed by atoms with Gasteiger partial charge in [0.25, 0.3) is 11.1 Å². The molecule has 0 saturated carbocycles. The molecule has 0 aliphatic carbocycles. The molecule has 10 heteroatoms. The fourth-order valence-electron chi connectivity index (χ4n) is 2.37. The van der Waals surface area contributed by atoms with Crippen molar-refractivity contribution in [2.24, 2.45) is 0 Å². The topological polar surface area (TPSA) is 84.0 Å². The van der Waals surface area contributed by atoms with Gasteiger partial charge in [0.1, 0.15) is 12.4 Å². The first kappa shape index (κ1) is 20.6. The summed E-state index contributed by atoms with van der Waals surface area (Å²) in [4.78, 5) is 27.1. The number of thioether (sulfide) groups is 1. The van der Waals surface area contributed by atoms with Gasteiger partial charge in [-0.05, 0) is 53.5 Å². The molecule has 28 heavy (non-hydrogen) atoms. The van der Waals surface area contributed by atoms with Gasteiger partial charge in [-0.15, -0.1) is 11.3 Å². The van der Waals surface area contributed by atoms with Gasteiger partial charge in [-0.2, -0.15) is 0 Å². The molecule has 1 aliphatic rings. The van der Waals surface area contributed by atoms with E-state index in [0.717, 1.165) is 25.8 Å². The lowest BCUT2D eigenvalue weighted by molar-refractivity contribution is -0.123. The molecule has 0 bridgehead atoms. The molecule has 0 N–H and O–H groups in total. The minimum Gasteiger partial charge on any atom is -0.492 e. The van der Waals surface area contributed by atoms with E-state index in [4.69, 9.17) is 4.74 Å². The lowest BCUT2D eigenvalue weighted by Gasteiger charge is -2.14. The van der Waals surface area contributed by atoms with Gasteiger partial charge in [0.05, 0.1) is 16.3 Å². The number of amides is 2. The maximum atomic E-state index is 12.4. The maximum Gasteiger partial charge on any atom is 0.293 e. The highest BCUT2D eigenvalue weighted by atomic mass is 32.2. The number of carbonyl (C=O) groups excluding carboxylic acids is 2. The summed E-state index contributed by atoms with van der Waals surface area (Å²) >= 11 is 2.40. The van der Waals surface area contributed by atoms with Crippen LogP contribution in [0.3, 0.4) is 0 Å². The molecule has 2 heterocycles. The summed E-state index contributed by atoms with van der Waals surface area (Å²) in [6.07, 6.45) is 1.71. The quantitative estimate of drug-likeness (QED) is 0.618. The molecule has 2 amide bonds. The van der Waals surface area contributed by atoms with Gasteiger partial charge in [-0.25, -0.2) is 12.7 Å². The minimum absolute atomic E-state index is 0.115. The Balaban J connectivity index is 1.58. The molecule has 0 spiro atoms. The largest absolute Gasteiger partial charge is 0.492 e. The number of imide groups is 1. The molecule has 7 nitrogen and oxygen atoms in total. The predicted molar refractivity (Wildman–Crippen MR) is 110 cm³/mol. The Hall–Kier alpha value is -2.14. The summed E-state index contributed by atoms with van der Waals surface area (Å²) in [6.45, 7) is 0.230. The van der Waals surface area contributed by atoms with Crippen LogP contribution in [0.4, 0.5) is 4.79 Å². The van der Waals surface area contributed by atoms with Crippen LogP contribution in [0.15, 0.2) is 51.6 Å². The molecule has 1 aliphatic heterocycles. The number of rotatable bonds is 7. The lowest BCUT2D eigenvalue weighted by Crippen LogP contribution is -2.32. The Morgan fingerprint density at radius 3 is 2.46 bits per heavy atom. The summed E-state index contributed by atoms with van der Waals surface area (Å²) in [7, 11) is -0.575. The second-order valence-corrected chi connectivity index (χ2v) is 10.1. The molecular weight excluding hydrogens is 420 g/mol. The van der Waals surface area contributed by atoms with Crippen molar-refractivity contribution in [1.29, 1.82) is 0 Å². The van der Waals surface area contributed by atoms with Crippen LogP contribution < -0.4 is 4.74 Å². The number of carbonyl (C=O) groups is 2. The van der Waals surface area contributed by atoms with Gasteiger partial charge >= 0.3 is 0 Å². The van der Waals surface area contributed by atoms with E-state index in [1.807, 2.05) is 17.5 Å². The van der Waals surface area contributed by atoms with Crippen molar-refractivity contribution >= 4 is 50.3 Å². The van der Waals surface area contributed by atoms with E-state index < -0.39 is 10.0 Å². The maximum absolute atomic E-state index is 12.4. The Bertz CT molecular complexity index is 996. The minimum atomic E-state index is -3.50. The second-order valence-electron chi connectivity index (χ2n) is 5.96. The van der Waals surface area contributed by atoms with Crippen molar-refractivity contribution in [3.63, 3.8) is 0 Å². The van der Waals surface area contributed by atoms with E-state index in [9.17, 15) is 18.0 Å². The third kappa shape index (κ3) is 4.46. The van der Waals surface area contributed by atoms with E-state index >= 15 is 0 Å². The first-order chi connectivity index (χ1) is 13.3. The molecule has 1 aromatic heterocycles. The first-order valence-corrected chi connectivity index (χ1v) is 11.4. The van der Waals surface area contributed by atoms with Crippen molar-refractivity contribution in [2.75, 3.05) is 27.2 Å². The second kappa shape index (κ2) is 8.48. The van der Waals surface area contributed by atoms with Crippen LogP contribution in [-0.2, 0) is 14.8 Å². The fourth-order valence-corrected chi connectivity index (χ4v) is 4.86. The number of thiophene rings is 1. The summed E-state index contributed by atoms with van der Waals surface area (Å²) in [6, 6.07) is 9.75. The third-order valence-electron chi connectivity index (χ3n) is 3.88. The van der Waals surface area contributed by atoms with E-state index in [2.05, 4.69) is 0 Å². The molecule has 0 atom stereocenters. The van der Waals surface area contributed by atoms with Crippen molar-refractivity contribution in [1.82, 2.24) is 9.21 Å². The van der Waals surface area contributed by atoms with Gasteiger partial charge in [-0.1, -0.05) is 6.07 Å². The molecule has 148 valence electrons. The summed E-state index contributed by atoms with van der Waals surface area (Å²) in [5.41, 5.74) is 0. The number of ether oxygens (including phenoxy) is 1. The molecule has 1 saturated heterocycles. The van der Waals surface area contributed by atoms with Crippen LogP contribution in [0.25, 0.3) is 6.08 Å². The van der Waals surface area contributed by atoms with E-state index in [0.29, 0.717) is 10.7 Å². The Morgan fingerprint density at radius 2 is 1.86 bits per heavy atom. The van der Waals surface area contributed by atoms with E-state index in [-0.39, 0.29) is 29.2 Å². The van der Waals surface area contributed by atoms with Gasteiger partial charge in [-0.3, -0.25) is 14.5 Å². The van der Waals surface area contributed by atoms with Gasteiger partial charge in [0.2, 0.25) is 10.0 Å². The highest BCUT2D eigenvalue weighted by molar-refractivity contribution is 8.18. The Kier molecular flexibility index (Phi) is 6.23. The monoisotopic (exact) mass is 438 g/mol. The molecule has 1 aromatic carbocycles. The van der Waals surface area contributed by atoms with Crippen LogP contribution >= 0.6 is 23.1 Å². The van der Waals surface area contributed by atoms with Crippen LogP contribution in [0, 0.1) is 0 Å². The Labute approximate surface area is 171 Å². The zero-order valence-electron chi connectivity index (χ0n) is 15.2. The highest BCUT2D eigenvalue weighted by Crippen LogP contribution is 2.32. The molecule has 2 aromatic rings. The van der Waals surface area contributed by atoms with E-state index in [1.54, 1.807) is 18.2 Å². The Morgan fingerprint density at radius 1 is 1.14 bits per heavy atom. The fraction of sp³-hybridized carbons (Fsp3) is 0.222. The normalized spacial score (nSPS) is 16.4. The standard InChI is InChI=1S/C18H18N2O5S3/c1-19(2)28(23,24)15-7-5-13(6-8-15)25-10-9-20-17(21)16(27-18(20)22)12-14-4-3-11-26-14/h3-8,11-12H,9-10H2,1-2H3/b16-12-. The van der Waals surface area contributed by atoms with Gasteiger partial charge in [0.15, 0.2) is 0 Å². The van der Waals surface area contributed by atoms with Gasteiger partial charge < -0.3 is 4.74 Å². The first-order valence-electron chi connectivity index (χ1n) is 8.23. The zero-order chi connectivity index (χ0) is 20.3. The van der Waals surface area contributed by atoms with Crippen molar-refractivity contribution in [3.05, 3.63) is 51.6 Å². The summed E-state index contributed by atoms with van der Waals surface area (Å²) in [5, 5.41) is 1.57. The summed E-state index contributed by atoms with van der Waals surface area (Å²) in [5.74, 6) is 0.123. The SMILES string of the molecule is CN(C)S(=O)(=O)c1ccc(OCCN2C(=O)S/C(=C\c3cccs3)C2=O)cc1. The smallest absolute Gasteiger partial charge is 0.293 e. The van der Waals surface area contributed by atoms with Crippen LogP contribution in [-0.4, -0.2) is 56.0 Å². The average molecular weight is 439 g/mol. The van der Waals surface area contributed by atoms with Crippen LogP contribution in [0.1, 0.15) is 4.88 Å². The number of hydrogen-bond acceptors (Lipinski definition) is 7. The lowest BCUT2D eigenvalue weighted by atomic mass is 10.3. The van der Waals surface area contributed by atoms with Crippen LogP contribution in [0.2, 0.25) is 0 Å². The average Bonchev–Trinajstić information content (AvgIpc) is 3.26. The van der Waals surface area contributed by atoms with E-state index in [1.165, 1.54) is 37.6 Å². The molecular formula is C18H18N2O5S3. The van der Waals surface area contributed by atoms with Gasteiger partial charge in [0, 0.05) is 19.0 Å². The number of nitrogens with zero attached hydrogens (tertiary/aromatic N) is 2. The molecule has 1 fully saturated rings. The number of benzene rings is 1. The molecule has 3 rings (SSSR count). The van der Waals surface area contributed by atoms with Crippen molar-refractivity contribution in [2.45, 2.75) is 4.90 Å². The van der Waals surface area contributed by atoms with Crippen molar-refractivity contribution in [3.8, 4) is 5.75 Å². The number of sulfonamides is 1. The van der Waals surface area contributed by atoms with Crippen LogP contribution in [0.5, 0.6) is 5.75 Å². The third-order valence-corrected chi connectivity index (χ3v) is 7.43. The molecule has 0 radical (unpaired) electrons. The highest BCUT2D eigenvalue weighted by Gasteiger charge is 2.34. The molecule has 0 unspecified atom stereocenters. The zero-order valence-corrected chi connectivity index (χ0v) is 17.6. The number of hydrogen-bond donors (Lipinski definition) is 0. The predicted octanol–water partition coefficient (Wildman–Crippen LogP) is 3.11.